The lowest BCUT2D eigenvalue weighted by molar-refractivity contribution is 0.256. The molecule has 1 nitrogen and oxygen atoms in total. The molecule has 2 unspecified atom stereocenters. The molecule has 0 aromatic rings. The molecule has 2 heteroatoms. The standard InChI is InChI=1S/C13H24FN/c1-6-8-11(3)9-13(4,5)15-10-12(14)7-2/h11-12,15H,7,9-10H2,1-5H3. The molecular formula is C13H24FN. The minimum atomic E-state index is -0.739. The number of alkyl halides is 1. The fourth-order valence-corrected chi connectivity index (χ4v) is 1.67. The summed E-state index contributed by atoms with van der Waals surface area (Å²) in [6.45, 7) is 10.5. The van der Waals surface area contributed by atoms with Gasteiger partial charge in [-0.05, 0) is 33.6 Å². The molecule has 0 aliphatic heterocycles. The van der Waals surface area contributed by atoms with E-state index in [2.05, 4.69) is 37.9 Å². The summed E-state index contributed by atoms with van der Waals surface area (Å²) < 4.78 is 13.1. The maximum absolute atomic E-state index is 13.1. The van der Waals surface area contributed by atoms with Crippen LogP contribution in [0.4, 0.5) is 4.39 Å². The summed E-state index contributed by atoms with van der Waals surface area (Å²) in [6.07, 6.45) is 0.786. The van der Waals surface area contributed by atoms with Gasteiger partial charge < -0.3 is 5.32 Å². The van der Waals surface area contributed by atoms with Crippen LogP contribution in [0, 0.1) is 17.8 Å². The summed E-state index contributed by atoms with van der Waals surface area (Å²) in [6, 6.07) is 0. The molecule has 0 aliphatic rings. The predicted octanol–water partition coefficient (Wildman–Crippen LogP) is 3.15. The van der Waals surface area contributed by atoms with Gasteiger partial charge in [0.25, 0.3) is 0 Å². The van der Waals surface area contributed by atoms with Gasteiger partial charge in [0.2, 0.25) is 0 Å². The van der Waals surface area contributed by atoms with Gasteiger partial charge in [-0.3, -0.25) is 0 Å². The summed E-state index contributed by atoms with van der Waals surface area (Å²) in [5.41, 5.74) is -0.0389. The molecule has 0 heterocycles. The molecule has 15 heavy (non-hydrogen) atoms. The summed E-state index contributed by atoms with van der Waals surface area (Å²) in [4.78, 5) is 0. The number of hydrogen-bond donors (Lipinski definition) is 1. The lowest BCUT2D eigenvalue weighted by atomic mass is 9.92. The normalized spacial score (nSPS) is 15.3. The van der Waals surface area contributed by atoms with Crippen molar-refractivity contribution in [1.29, 1.82) is 0 Å². The third-order valence-corrected chi connectivity index (χ3v) is 2.45. The molecule has 0 saturated heterocycles. The van der Waals surface area contributed by atoms with E-state index >= 15 is 0 Å². The van der Waals surface area contributed by atoms with E-state index in [4.69, 9.17) is 0 Å². The molecule has 0 aromatic carbocycles. The van der Waals surface area contributed by atoms with Crippen LogP contribution in [0.1, 0.15) is 47.5 Å². The highest BCUT2D eigenvalue weighted by Gasteiger charge is 2.20. The highest BCUT2D eigenvalue weighted by molar-refractivity contribution is 5.01. The van der Waals surface area contributed by atoms with Crippen molar-refractivity contribution in [1.82, 2.24) is 5.32 Å². The minimum Gasteiger partial charge on any atom is -0.309 e. The number of halogens is 1. The SMILES string of the molecule is CC#CC(C)CC(C)(C)NCC(F)CC. The van der Waals surface area contributed by atoms with Crippen molar-refractivity contribution >= 4 is 0 Å². The number of nitrogens with one attached hydrogen (secondary N) is 1. The van der Waals surface area contributed by atoms with E-state index in [1.807, 2.05) is 13.8 Å². The Morgan fingerprint density at radius 2 is 2.00 bits per heavy atom. The molecule has 0 rings (SSSR count). The van der Waals surface area contributed by atoms with Crippen molar-refractivity contribution in [3.63, 3.8) is 0 Å². The predicted molar refractivity (Wildman–Crippen MR) is 64.5 cm³/mol. The van der Waals surface area contributed by atoms with Crippen molar-refractivity contribution < 1.29 is 4.39 Å². The van der Waals surface area contributed by atoms with E-state index in [0.29, 0.717) is 18.9 Å². The lowest BCUT2D eigenvalue weighted by Crippen LogP contribution is -2.43. The monoisotopic (exact) mass is 213 g/mol. The molecule has 2 atom stereocenters. The van der Waals surface area contributed by atoms with Crippen LogP contribution >= 0.6 is 0 Å². The van der Waals surface area contributed by atoms with E-state index in [9.17, 15) is 4.39 Å². The lowest BCUT2D eigenvalue weighted by Gasteiger charge is -2.28. The average Bonchev–Trinajstić information content (AvgIpc) is 2.13. The maximum atomic E-state index is 13.1. The van der Waals surface area contributed by atoms with Gasteiger partial charge in [-0.15, -0.1) is 11.8 Å². The van der Waals surface area contributed by atoms with Crippen molar-refractivity contribution in [2.24, 2.45) is 5.92 Å². The Labute approximate surface area is 93.8 Å². The molecule has 88 valence electrons. The van der Waals surface area contributed by atoms with Gasteiger partial charge in [0.1, 0.15) is 6.17 Å². The van der Waals surface area contributed by atoms with E-state index in [1.165, 1.54) is 0 Å². The molecule has 0 aromatic heterocycles. The molecule has 0 amide bonds. The van der Waals surface area contributed by atoms with Crippen LogP contribution in [0.15, 0.2) is 0 Å². The van der Waals surface area contributed by atoms with Crippen LogP contribution < -0.4 is 5.32 Å². The zero-order chi connectivity index (χ0) is 11.9. The third kappa shape index (κ3) is 7.39. The molecule has 0 aliphatic carbocycles. The Hall–Kier alpha value is -0.550. The van der Waals surface area contributed by atoms with Gasteiger partial charge in [0.05, 0.1) is 0 Å². The maximum Gasteiger partial charge on any atom is 0.112 e. The zero-order valence-electron chi connectivity index (χ0n) is 10.7. The highest BCUT2D eigenvalue weighted by atomic mass is 19.1. The van der Waals surface area contributed by atoms with Gasteiger partial charge in [-0.25, -0.2) is 4.39 Å². The molecule has 0 fully saturated rings. The first-order valence-electron chi connectivity index (χ1n) is 5.72. The molecule has 0 spiro atoms. The van der Waals surface area contributed by atoms with Gasteiger partial charge in [-0.1, -0.05) is 13.8 Å². The Morgan fingerprint density at radius 1 is 1.40 bits per heavy atom. The largest absolute Gasteiger partial charge is 0.309 e. The van der Waals surface area contributed by atoms with Crippen LogP contribution in [-0.4, -0.2) is 18.3 Å². The highest BCUT2D eigenvalue weighted by Crippen LogP contribution is 2.15. The van der Waals surface area contributed by atoms with Crippen molar-refractivity contribution in [3.8, 4) is 11.8 Å². The van der Waals surface area contributed by atoms with E-state index in [0.717, 1.165) is 6.42 Å². The minimum absolute atomic E-state index is 0.0389. The van der Waals surface area contributed by atoms with Crippen LogP contribution in [0.25, 0.3) is 0 Å². The summed E-state index contributed by atoms with van der Waals surface area (Å²) >= 11 is 0. The van der Waals surface area contributed by atoms with Crippen molar-refractivity contribution in [2.75, 3.05) is 6.54 Å². The smallest absolute Gasteiger partial charge is 0.112 e. The van der Waals surface area contributed by atoms with E-state index in [1.54, 1.807) is 0 Å². The Kier molecular flexibility index (Phi) is 6.60. The van der Waals surface area contributed by atoms with Crippen LogP contribution in [-0.2, 0) is 0 Å². The second kappa shape index (κ2) is 6.85. The summed E-state index contributed by atoms with van der Waals surface area (Å²) in [5, 5.41) is 3.26. The van der Waals surface area contributed by atoms with E-state index < -0.39 is 6.17 Å². The zero-order valence-corrected chi connectivity index (χ0v) is 10.7. The Morgan fingerprint density at radius 3 is 2.47 bits per heavy atom. The van der Waals surface area contributed by atoms with Crippen LogP contribution in [0.3, 0.4) is 0 Å². The first kappa shape index (κ1) is 14.5. The quantitative estimate of drug-likeness (QED) is 0.668. The van der Waals surface area contributed by atoms with E-state index in [-0.39, 0.29) is 5.54 Å². The molecular weight excluding hydrogens is 189 g/mol. The average molecular weight is 213 g/mol. The van der Waals surface area contributed by atoms with Gasteiger partial charge in [-0.2, -0.15) is 0 Å². The van der Waals surface area contributed by atoms with Gasteiger partial charge >= 0.3 is 0 Å². The van der Waals surface area contributed by atoms with Crippen molar-refractivity contribution in [3.05, 3.63) is 0 Å². The first-order chi connectivity index (χ1) is 6.91. The second-order valence-electron chi connectivity index (χ2n) is 4.77. The number of rotatable bonds is 6. The second-order valence-corrected chi connectivity index (χ2v) is 4.77. The van der Waals surface area contributed by atoms with Crippen LogP contribution in [0.2, 0.25) is 0 Å². The third-order valence-electron chi connectivity index (χ3n) is 2.45. The van der Waals surface area contributed by atoms with Crippen LogP contribution in [0.5, 0.6) is 0 Å². The Balaban J connectivity index is 3.99. The Bertz CT molecular complexity index is 224. The molecule has 0 bridgehead atoms. The fourth-order valence-electron chi connectivity index (χ4n) is 1.67. The van der Waals surface area contributed by atoms with Crippen molar-refractivity contribution in [2.45, 2.75) is 59.2 Å². The summed E-state index contributed by atoms with van der Waals surface area (Å²) in [5.74, 6) is 6.39. The first-order valence-corrected chi connectivity index (χ1v) is 5.72. The number of hydrogen-bond acceptors (Lipinski definition) is 1. The molecule has 0 saturated carbocycles. The van der Waals surface area contributed by atoms with Gasteiger partial charge in [0.15, 0.2) is 0 Å². The topological polar surface area (TPSA) is 12.0 Å². The fraction of sp³-hybridized carbons (Fsp3) is 0.846. The van der Waals surface area contributed by atoms with Gasteiger partial charge in [0, 0.05) is 18.0 Å². The summed E-state index contributed by atoms with van der Waals surface area (Å²) in [7, 11) is 0. The molecule has 1 N–H and O–H groups in total. The molecule has 0 radical (unpaired) electrons.